The summed E-state index contributed by atoms with van der Waals surface area (Å²) in [4.78, 5) is 34.1. The summed E-state index contributed by atoms with van der Waals surface area (Å²) in [5.41, 5.74) is -1.66. The van der Waals surface area contributed by atoms with Gasteiger partial charge in [-0.05, 0) is 19.4 Å². The number of likely N-dealkylation sites (tertiary alicyclic amines) is 1. The van der Waals surface area contributed by atoms with Crippen molar-refractivity contribution in [2.24, 2.45) is 5.41 Å². The average Bonchev–Trinajstić information content (AvgIpc) is 2.96. The zero-order valence-corrected chi connectivity index (χ0v) is 14.2. The number of carboxylic acid groups (broad SMARTS) is 1. The lowest BCUT2D eigenvalue weighted by molar-refractivity contribution is -0.387. The SMILES string of the molecule is CC1(C(=O)O)CCN(C(=O)CNS(=O)(=O)c2ccccc2[N+](=O)[O-])C1. The van der Waals surface area contributed by atoms with Crippen LogP contribution in [0.3, 0.4) is 0 Å². The number of benzene rings is 1. The highest BCUT2D eigenvalue weighted by atomic mass is 32.2. The lowest BCUT2D eigenvalue weighted by atomic mass is 9.90. The number of carbonyl (C=O) groups excluding carboxylic acids is 1. The van der Waals surface area contributed by atoms with Gasteiger partial charge < -0.3 is 10.0 Å². The summed E-state index contributed by atoms with van der Waals surface area (Å²) in [5.74, 6) is -1.62. The van der Waals surface area contributed by atoms with Gasteiger partial charge in [0.05, 0.1) is 16.9 Å². The van der Waals surface area contributed by atoms with Crippen LogP contribution in [0.15, 0.2) is 29.2 Å². The van der Waals surface area contributed by atoms with Crippen molar-refractivity contribution in [3.8, 4) is 0 Å². The number of hydrogen-bond acceptors (Lipinski definition) is 6. The van der Waals surface area contributed by atoms with Crippen molar-refractivity contribution in [2.45, 2.75) is 18.2 Å². The van der Waals surface area contributed by atoms with E-state index in [2.05, 4.69) is 0 Å². The van der Waals surface area contributed by atoms with Crippen LogP contribution in [-0.4, -0.2) is 54.9 Å². The molecule has 11 heteroatoms. The molecule has 1 aromatic carbocycles. The predicted molar refractivity (Wildman–Crippen MR) is 85.2 cm³/mol. The van der Waals surface area contributed by atoms with E-state index in [1.165, 1.54) is 24.0 Å². The molecule has 1 aromatic rings. The molecule has 1 amide bonds. The Hall–Kier alpha value is -2.53. The number of carboxylic acids is 1. The Bertz CT molecular complexity index is 823. The van der Waals surface area contributed by atoms with Crippen LogP contribution < -0.4 is 4.72 Å². The van der Waals surface area contributed by atoms with Gasteiger partial charge in [-0.15, -0.1) is 0 Å². The van der Waals surface area contributed by atoms with Gasteiger partial charge in [-0.2, -0.15) is 0 Å². The second-order valence-corrected chi connectivity index (χ2v) is 7.72. The molecule has 1 heterocycles. The lowest BCUT2D eigenvalue weighted by Crippen LogP contribution is -2.41. The molecule has 0 saturated carbocycles. The van der Waals surface area contributed by atoms with E-state index >= 15 is 0 Å². The van der Waals surface area contributed by atoms with Crippen molar-refractivity contribution in [1.82, 2.24) is 9.62 Å². The molecule has 1 unspecified atom stereocenters. The molecule has 1 aliphatic heterocycles. The van der Waals surface area contributed by atoms with Crippen molar-refractivity contribution in [1.29, 1.82) is 0 Å². The molecule has 1 fully saturated rings. The minimum absolute atomic E-state index is 0.0195. The number of hydrogen-bond donors (Lipinski definition) is 2. The maximum absolute atomic E-state index is 12.2. The smallest absolute Gasteiger partial charge is 0.311 e. The number of para-hydroxylation sites is 1. The second kappa shape index (κ2) is 6.76. The van der Waals surface area contributed by atoms with Crippen LogP contribution in [0.5, 0.6) is 0 Å². The second-order valence-electron chi connectivity index (χ2n) is 5.98. The molecule has 2 rings (SSSR count). The maximum Gasteiger partial charge on any atom is 0.311 e. The van der Waals surface area contributed by atoms with Crippen molar-refractivity contribution >= 4 is 27.6 Å². The standard InChI is InChI=1S/C14H17N3O7S/c1-14(13(19)20)6-7-16(9-14)12(18)8-15-25(23,24)11-5-3-2-4-10(11)17(21)22/h2-5,15H,6-9H2,1H3,(H,19,20). The molecule has 0 radical (unpaired) electrons. The summed E-state index contributed by atoms with van der Waals surface area (Å²) in [6.07, 6.45) is 0.269. The third kappa shape index (κ3) is 3.94. The number of nitrogens with one attached hydrogen (secondary N) is 1. The molecular formula is C14H17N3O7S. The lowest BCUT2D eigenvalue weighted by Gasteiger charge is -2.20. The molecule has 0 spiro atoms. The summed E-state index contributed by atoms with van der Waals surface area (Å²) < 4.78 is 26.5. The number of nitrogens with zero attached hydrogens (tertiary/aromatic N) is 2. The van der Waals surface area contributed by atoms with Gasteiger partial charge in [0.2, 0.25) is 15.9 Å². The largest absolute Gasteiger partial charge is 0.481 e. The van der Waals surface area contributed by atoms with Crippen LogP contribution in [0.1, 0.15) is 13.3 Å². The zero-order chi connectivity index (χ0) is 18.8. The molecule has 1 saturated heterocycles. The fourth-order valence-electron chi connectivity index (χ4n) is 2.53. The third-order valence-corrected chi connectivity index (χ3v) is 5.56. The van der Waals surface area contributed by atoms with Crippen LogP contribution >= 0.6 is 0 Å². The molecule has 25 heavy (non-hydrogen) atoms. The van der Waals surface area contributed by atoms with Gasteiger partial charge in [0.25, 0.3) is 5.69 Å². The number of amides is 1. The highest BCUT2D eigenvalue weighted by Gasteiger charge is 2.42. The summed E-state index contributed by atoms with van der Waals surface area (Å²) in [5, 5.41) is 20.1. The van der Waals surface area contributed by atoms with Crippen LogP contribution in [0, 0.1) is 15.5 Å². The van der Waals surface area contributed by atoms with Crippen molar-refractivity contribution in [3.05, 3.63) is 34.4 Å². The van der Waals surface area contributed by atoms with E-state index in [9.17, 15) is 28.1 Å². The fraction of sp³-hybridized carbons (Fsp3) is 0.429. The molecule has 1 aliphatic rings. The Morgan fingerprint density at radius 1 is 1.40 bits per heavy atom. The number of carbonyl (C=O) groups is 2. The molecule has 1 atom stereocenters. The summed E-state index contributed by atoms with van der Waals surface area (Å²) in [7, 11) is -4.26. The normalized spacial score (nSPS) is 20.4. The summed E-state index contributed by atoms with van der Waals surface area (Å²) in [6.45, 7) is 1.09. The van der Waals surface area contributed by atoms with Crippen LogP contribution in [-0.2, 0) is 19.6 Å². The summed E-state index contributed by atoms with van der Waals surface area (Å²) in [6, 6.07) is 4.79. The number of rotatable bonds is 6. The van der Waals surface area contributed by atoms with Crippen molar-refractivity contribution < 1.29 is 28.0 Å². The van der Waals surface area contributed by atoms with E-state index in [1.54, 1.807) is 0 Å². The molecular weight excluding hydrogens is 354 g/mol. The van der Waals surface area contributed by atoms with E-state index in [-0.39, 0.29) is 19.5 Å². The average molecular weight is 371 g/mol. The quantitative estimate of drug-likeness (QED) is 0.536. The Balaban J connectivity index is 2.07. The number of aliphatic carboxylic acids is 1. The molecule has 0 aliphatic carbocycles. The number of nitro groups is 1. The van der Waals surface area contributed by atoms with Gasteiger partial charge in [-0.1, -0.05) is 12.1 Å². The van der Waals surface area contributed by atoms with E-state index in [0.717, 1.165) is 12.1 Å². The molecule has 0 aromatic heterocycles. The number of sulfonamides is 1. The number of nitro benzene ring substituents is 1. The fourth-order valence-corrected chi connectivity index (χ4v) is 3.67. The van der Waals surface area contributed by atoms with E-state index in [4.69, 9.17) is 5.11 Å². The van der Waals surface area contributed by atoms with Crippen molar-refractivity contribution in [3.63, 3.8) is 0 Å². The van der Waals surface area contributed by atoms with Gasteiger partial charge in [-0.3, -0.25) is 19.7 Å². The monoisotopic (exact) mass is 371 g/mol. The zero-order valence-electron chi connectivity index (χ0n) is 13.3. The first kappa shape index (κ1) is 18.8. The Kier molecular flexibility index (Phi) is 5.09. The third-order valence-electron chi connectivity index (χ3n) is 4.11. The van der Waals surface area contributed by atoms with E-state index in [0.29, 0.717) is 0 Å². The minimum Gasteiger partial charge on any atom is -0.481 e. The van der Waals surface area contributed by atoms with Crippen LogP contribution in [0.25, 0.3) is 0 Å². The van der Waals surface area contributed by atoms with Gasteiger partial charge in [0.15, 0.2) is 4.90 Å². The molecule has 10 nitrogen and oxygen atoms in total. The van der Waals surface area contributed by atoms with Crippen LogP contribution in [0.2, 0.25) is 0 Å². The van der Waals surface area contributed by atoms with Gasteiger partial charge in [0.1, 0.15) is 0 Å². The van der Waals surface area contributed by atoms with Crippen LogP contribution in [0.4, 0.5) is 5.69 Å². The maximum atomic E-state index is 12.2. The Morgan fingerprint density at radius 3 is 2.60 bits per heavy atom. The Morgan fingerprint density at radius 2 is 2.04 bits per heavy atom. The molecule has 136 valence electrons. The summed E-state index contributed by atoms with van der Waals surface area (Å²) >= 11 is 0. The first-order chi connectivity index (χ1) is 11.6. The van der Waals surface area contributed by atoms with E-state index in [1.807, 2.05) is 4.72 Å². The highest BCUT2D eigenvalue weighted by Crippen LogP contribution is 2.30. The first-order valence-corrected chi connectivity index (χ1v) is 8.79. The predicted octanol–water partition coefficient (Wildman–Crippen LogP) is 0.196. The molecule has 0 bridgehead atoms. The Labute approximate surface area is 143 Å². The topological polar surface area (TPSA) is 147 Å². The minimum atomic E-state index is -4.26. The van der Waals surface area contributed by atoms with Crippen molar-refractivity contribution in [2.75, 3.05) is 19.6 Å². The highest BCUT2D eigenvalue weighted by molar-refractivity contribution is 7.89. The van der Waals surface area contributed by atoms with Gasteiger partial charge >= 0.3 is 5.97 Å². The van der Waals surface area contributed by atoms with Gasteiger partial charge in [-0.25, -0.2) is 13.1 Å². The van der Waals surface area contributed by atoms with E-state index < -0.39 is 49.4 Å². The molecule has 2 N–H and O–H groups in total. The van der Waals surface area contributed by atoms with Gasteiger partial charge in [0, 0.05) is 19.2 Å². The first-order valence-electron chi connectivity index (χ1n) is 7.31.